The standard InChI is InChI=1S/C25H32FN5O/c1-29(2)25(20-9-4-3-5-10-20)13-11-24(12-14-25)18-30(22-27-15-21(26)16-28-22)23(32)31(24)17-19-7-6-8-19/h3-5,9-10,15-16,19H,6-8,11-14,17-18H2,1-2H3. The van der Waals surface area contributed by atoms with Crippen LogP contribution in [-0.2, 0) is 5.54 Å². The number of urea groups is 1. The average molecular weight is 438 g/mol. The van der Waals surface area contributed by atoms with Crippen molar-refractivity contribution in [2.45, 2.75) is 56.0 Å². The zero-order valence-corrected chi connectivity index (χ0v) is 19.0. The number of halogens is 1. The van der Waals surface area contributed by atoms with Crippen molar-refractivity contribution in [3.05, 3.63) is 54.1 Å². The van der Waals surface area contributed by atoms with Crippen molar-refractivity contribution in [1.29, 1.82) is 0 Å². The van der Waals surface area contributed by atoms with Gasteiger partial charge in [0.1, 0.15) is 0 Å². The third-order valence-corrected chi connectivity index (χ3v) is 8.18. The molecule has 3 fully saturated rings. The monoisotopic (exact) mass is 437 g/mol. The van der Waals surface area contributed by atoms with Crippen molar-refractivity contribution in [3.8, 4) is 0 Å². The van der Waals surface area contributed by atoms with E-state index in [9.17, 15) is 9.18 Å². The Bertz CT molecular complexity index is 952. The van der Waals surface area contributed by atoms with Gasteiger partial charge in [0, 0.05) is 12.1 Å². The maximum Gasteiger partial charge on any atom is 0.327 e. The van der Waals surface area contributed by atoms with Crippen LogP contribution in [0.4, 0.5) is 15.1 Å². The Morgan fingerprint density at radius 3 is 2.28 bits per heavy atom. The number of rotatable bonds is 5. The summed E-state index contributed by atoms with van der Waals surface area (Å²) in [5.41, 5.74) is 1.09. The number of hydrogen-bond acceptors (Lipinski definition) is 4. The molecular formula is C25H32FN5O. The SMILES string of the molecule is CN(C)C1(c2ccccc2)CCC2(CC1)CN(c1ncc(F)cn1)C(=O)N2CC1CCC1. The maximum absolute atomic E-state index is 13.6. The Labute approximate surface area is 189 Å². The van der Waals surface area contributed by atoms with Crippen LogP contribution < -0.4 is 4.90 Å². The summed E-state index contributed by atoms with van der Waals surface area (Å²) < 4.78 is 13.4. The van der Waals surface area contributed by atoms with Gasteiger partial charge in [-0.25, -0.2) is 19.2 Å². The molecule has 6 nitrogen and oxygen atoms in total. The fourth-order valence-corrected chi connectivity index (χ4v) is 5.90. The lowest BCUT2D eigenvalue weighted by atomic mass is 9.68. The van der Waals surface area contributed by atoms with E-state index in [4.69, 9.17) is 0 Å². The number of carbonyl (C=O) groups is 1. The molecule has 7 heteroatoms. The van der Waals surface area contributed by atoms with Crippen LogP contribution in [0.2, 0.25) is 0 Å². The van der Waals surface area contributed by atoms with Crippen LogP contribution in [0.15, 0.2) is 42.7 Å². The van der Waals surface area contributed by atoms with Crippen molar-refractivity contribution in [1.82, 2.24) is 19.8 Å². The number of hydrogen-bond donors (Lipinski definition) is 0. The normalized spacial score (nSPS) is 28.6. The Kier molecular flexibility index (Phi) is 5.40. The molecule has 2 aromatic rings. The van der Waals surface area contributed by atoms with E-state index in [1.54, 1.807) is 4.90 Å². The van der Waals surface area contributed by atoms with Crippen LogP contribution in [0, 0.1) is 11.7 Å². The molecule has 0 unspecified atom stereocenters. The molecule has 32 heavy (non-hydrogen) atoms. The fraction of sp³-hybridized carbons (Fsp3) is 0.560. The van der Waals surface area contributed by atoms with E-state index >= 15 is 0 Å². The van der Waals surface area contributed by atoms with Gasteiger partial charge in [-0.1, -0.05) is 36.8 Å². The molecule has 2 saturated carbocycles. The first-order chi connectivity index (χ1) is 15.4. The van der Waals surface area contributed by atoms with E-state index in [2.05, 4.69) is 64.2 Å². The van der Waals surface area contributed by atoms with Crippen LogP contribution in [0.5, 0.6) is 0 Å². The quantitative estimate of drug-likeness (QED) is 0.695. The summed E-state index contributed by atoms with van der Waals surface area (Å²) in [6.07, 6.45) is 9.74. The van der Waals surface area contributed by atoms with Gasteiger partial charge in [-0.05, 0) is 64.1 Å². The number of aromatic nitrogens is 2. The van der Waals surface area contributed by atoms with Crippen molar-refractivity contribution in [3.63, 3.8) is 0 Å². The molecule has 0 N–H and O–H groups in total. The minimum absolute atomic E-state index is 0.0272. The zero-order valence-electron chi connectivity index (χ0n) is 19.0. The van der Waals surface area contributed by atoms with Crippen LogP contribution in [0.3, 0.4) is 0 Å². The van der Waals surface area contributed by atoms with Gasteiger partial charge in [0.25, 0.3) is 0 Å². The Morgan fingerprint density at radius 1 is 1.06 bits per heavy atom. The first-order valence-electron chi connectivity index (χ1n) is 11.7. The topological polar surface area (TPSA) is 52.6 Å². The highest BCUT2D eigenvalue weighted by Crippen LogP contribution is 2.49. The van der Waals surface area contributed by atoms with Crippen molar-refractivity contribution in [2.24, 2.45) is 5.92 Å². The van der Waals surface area contributed by atoms with E-state index in [0.717, 1.165) is 44.6 Å². The molecular weight excluding hydrogens is 405 g/mol. The van der Waals surface area contributed by atoms with Crippen LogP contribution in [0.1, 0.15) is 50.5 Å². The van der Waals surface area contributed by atoms with E-state index in [-0.39, 0.29) is 17.1 Å². The Balaban J connectivity index is 1.44. The summed E-state index contributed by atoms with van der Waals surface area (Å²) in [7, 11) is 4.32. The predicted octanol–water partition coefficient (Wildman–Crippen LogP) is 4.43. The van der Waals surface area contributed by atoms with Crippen LogP contribution in [-0.4, -0.2) is 58.5 Å². The highest BCUT2D eigenvalue weighted by Gasteiger charge is 2.55. The second-order valence-electron chi connectivity index (χ2n) is 9.99. The third-order valence-electron chi connectivity index (χ3n) is 8.18. The summed E-state index contributed by atoms with van der Waals surface area (Å²) in [4.78, 5) is 28.0. The minimum Gasteiger partial charge on any atom is -0.317 e. The molecule has 2 aliphatic carbocycles. The molecule has 1 saturated heterocycles. The van der Waals surface area contributed by atoms with Crippen LogP contribution >= 0.6 is 0 Å². The van der Waals surface area contributed by atoms with Crippen LogP contribution in [0.25, 0.3) is 0 Å². The number of carbonyl (C=O) groups excluding carboxylic acids is 1. The zero-order chi connectivity index (χ0) is 22.3. The summed E-state index contributed by atoms with van der Waals surface area (Å²) in [6, 6.07) is 10.7. The van der Waals surface area contributed by atoms with E-state index in [0.29, 0.717) is 18.4 Å². The molecule has 1 aromatic carbocycles. The van der Waals surface area contributed by atoms with Gasteiger partial charge in [0.05, 0.1) is 24.5 Å². The molecule has 3 aliphatic rings. The lowest BCUT2D eigenvalue weighted by Gasteiger charge is -2.51. The van der Waals surface area contributed by atoms with Gasteiger partial charge in [-0.3, -0.25) is 9.80 Å². The molecule has 5 rings (SSSR count). The van der Waals surface area contributed by atoms with Gasteiger partial charge in [-0.15, -0.1) is 0 Å². The molecule has 0 bridgehead atoms. The van der Waals surface area contributed by atoms with Gasteiger partial charge in [0.15, 0.2) is 5.82 Å². The second-order valence-corrected chi connectivity index (χ2v) is 9.99. The smallest absolute Gasteiger partial charge is 0.317 e. The highest BCUT2D eigenvalue weighted by molar-refractivity contribution is 5.93. The van der Waals surface area contributed by atoms with Gasteiger partial charge >= 0.3 is 6.03 Å². The maximum atomic E-state index is 13.6. The lowest BCUT2D eigenvalue weighted by molar-refractivity contribution is 0.0172. The Morgan fingerprint density at radius 2 is 1.72 bits per heavy atom. The number of benzene rings is 1. The molecule has 1 aliphatic heterocycles. The average Bonchev–Trinajstić information content (AvgIpc) is 3.04. The molecule has 0 atom stereocenters. The van der Waals surface area contributed by atoms with E-state index in [1.165, 1.54) is 24.8 Å². The first kappa shape index (κ1) is 21.3. The fourth-order valence-electron chi connectivity index (χ4n) is 5.90. The molecule has 2 heterocycles. The van der Waals surface area contributed by atoms with E-state index < -0.39 is 5.82 Å². The first-order valence-corrected chi connectivity index (χ1v) is 11.7. The summed E-state index contributed by atoms with van der Waals surface area (Å²) in [5.74, 6) is 0.400. The van der Waals surface area contributed by atoms with Gasteiger partial charge < -0.3 is 4.90 Å². The molecule has 1 spiro atoms. The van der Waals surface area contributed by atoms with Crippen molar-refractivity contribution >= 4 is 12.0 Å². The molecule has 170 valence electrons. The largest absolute Gasteiger partial charge is 0.327 e. The highest BCUT2D eigenvalue weighted by atomic mass is 19.1. The number of amides is 2. The lowest BCUT2D eigenvalue weighted by Crippen LogP contribution is -2.56. The van der Waals surface area contributed by atoms with Crippen molar-refractivity contribution in [2.75, 3.05) is 32.1 Å². The predicted molar refractivity (Wildman–Crippen MR) is 122 cm³/mol. The molecule has 0 radical (unpaired) electrons. The van der Waals surface area contributed by atoms with Crippen molar-refractivity contribution < 1.29 is 9.18 Å². The summed E-state index contributed by atoms with van der Waals surface area (Å²) >= 11 is 0. The summed E-state index contributed by atoms with van der Waals surface area (Å²) in [5, 5.41) is 0. The third kappa shape index (κ3) is 3.47. The minimum atomic E-state index is -0.488. The summed E-state index contributed by atoms with van der Waals surface area (Å²) in [6.45, 7) is 1.37. The molecule has 2 amide bonds. The van der Waals surface area contributed by atoms with E-state index in [1.807, 2.05) is 0 Å². The molecule has 1 aromatic heterocycles. The Hall–Kier alpha value is -2.54. The number of nitrogens with zero attached hydrogens (tertiary/aromatic N) is 5. The number of anilines is 1. The second kappa shape index (κ2) is 8.10. The van der Waals surface area contributed by atoms with Gasteiger partial charge in [-0.2, -0.15) is 0 Å². The van der Waals surface area contributed by atoms with Gasteiger partial charge in [0.2, 0.25) is 5.95 Å².